The number of benzene rings is 3. The minimum Gasteiger partial charge on any atom is -0.497 e. The Morgan fingerprint density at radius 1 is 1.03 bits per heavy atom. The van der Waals surface area contributed by atoms with Gasteiger partial charge in [-0.3, -0.25) is 19.3 Å². The number of fused-ring (bicyclic) bond motifs is 1. The molecule has 4 rings (SSSR count). The summed E-state index contributed by atoms with van der Waals surface area (Å²) in [4.78, 5) is 40.4. The number of para-hydroxylation sites is 2. The molecule has 3 amide bonds. The lowest BCUT2D eigenvalue weighted by Crippen LogP contribution is -2.52. The highest BCUT2D eigenvalue weighted by atomic mass is 19.4. The molecule has 0 fully saturated rings. The van der Waals surface area contributed by atoms with E-state index >= 15 is 0 Å². The van der Waals surface area contributed by atoms with Gasteiger partial charge in [-0.1, -0.05) is 18.2 Å². The highest BCUT2D eigenvalue weighted by Gasteiger charge is 2.38. The van der Waals surface area contributed by atoms with Gasteiger partial charge >= 0.3 is 6.18 Å². The molecule has 0 unspecified atom stereocenters. The largest absolute Gasteiger partial charge is 0.497 e. The molecule has 0 aliphatic carbocycles. The van der Waals surface area contributed by atoms with Crippen molar-refractivity contribution in [3.05, 3.63) is 83.9 Å². The second kappa shape index (κ2) is 9.49. The Morgan fingerprint density at radius 3 is 2.43 bits per heavy atom. The molecular formula is C25H20F3N3O4. The topological polar surface area (TPSA) is 87.7 Å². The predicted octanol–water partition coefficient (Wildman–Crippen LogP) is 4.71. The van der Waals surface area contributed by atoms with Gasteiger partial charge in [0.2, 0.25) is 11.8 Å². The second-order valence-electron chi connectivity index (χ2n) is 7.76. The van der Waals surface area contributed by atoms with Crippen LogP contribution in [0.1, 0.15) is 22.3 Å². The number of carbonyl (C=O) groups is 3. The summed E-state index contributed by atoms with van der Waals surface area (Å²) < 4.78 is 44.1. The lowest BCUT2D eigenvalue weighted by atomic mass is 10.0. The van der Waals surface area contributed by atoms with Crippen LogP contribution in [-0.2, 0) is 15.8 Å². The van der Waals surface area contributed by atoms with Crippen LogP contribution >= 0.6 is 0 Å². The number of rotatable bonds is 5. The van der Waals surface area contributed by atoms with E-state index in [2.05, 4.69) is 10.6 Å². The van der Waals surface area contributed by atoms with Crippen LogP contribution in [0.3, 0.4) is 0 Å². The predicted molar refractivity (Wildman–Crippen MR) is 123 cm³/mol. The van der Waals surface area contributed by atoms with E-state index in [-0.39, 0.29) is 11.3 Å². The number of amides is 3. The van der Waals surface area contributed by atoms with Crippen LogP contribution in [0.25, 0.3) is 0 Å². The third-order valence-corrected chi connectivity index (χ3v) is 5.44. The zero-order valence-electron chi connectivity index (χ0n) is 18.4. The molecule has 7 nitrogen and oxygen atoms in total. The van der Waals surface area contributed by atoms with Crippen LogP contribution in [-0.4, -0.2) is 30.9 Å². The minimum absolute atomic E-state index is 0.0746. The van der Waals surface area contributed by atoms with E-state index in [4.69, 9.17) is 4.74 Å². The van der Waals surface area contributed by atoms with E-state index < -0.39 is 41.9 Å². The van der Waals surface area contributed by atoms with Gasteiger partial charge in [0.25, 0.3) is 5.91 Å². The molecule has 35 heavy (non-hydrogen) atoms. The maximum absolute atomic E-state index is 13.5. The van der Waals surface area contributed by atoms with Gasteiger partial charge in [0.05, 0.1) is 30.5 Å². The summed E-state index contributed by atoms with van der Waals surface area (Å²) >= 11 is 0. The van der Waals surface area contributed by atoms with Crippen LogP contribution in [0.15, 0.2) is 72.8 Å². The third kappa shape index (κ3) is 5.11. The first-order valence-electron chi connectivity index (χ1n) is 10.5. The Morgan fingerprint density at radius 2 is 1.74 bits per heavy atom. The zero-order chi connectivity index (χ0) is 25.2. The Balaban J connectivity index is 1.62. The average molecular weight is 483 g/mol. The molecule has 1 aliphatic rings. The summed E-state index contributed by atoms with van der Waals surface area (Å²) in [7, 11) is 1.49. The SMILES string of the molecule is COc1ccc(C(=O)N2c3ccccc3NC(=O)[C@H]2CC(=O)Nc2cccc(C(F)(F)F)c2)cc1. The fourth-order valence-corrected chi connectivity index (χ4v) is 3.76. The first-order valence-corrected chi connectivity index (χ1v) is 10.5. The number of alkyl halides is 3. The van der Waals surface area contributed by atoms with Gasteiger partial charge in [0.1, 0.15) is 11.8 Å². The molecule has 180 valence electrons. The molecule has 1 aliphatic heterocycles. The third-order valence-electron chi connectivity index (χ3n) is 5.44. The van der Waals surface area contributed by atoms with E-state index in [1.807, 2.05) is 0 Å². The minimum atomic E-state index is -4.57. The standard InChI is InChI=1S/C25H20F3N3O4/c1-35-18-11-9-15(10-12-18)24(34)31-20-8-3-2-7-19(20)30-23(33)21(31)14-22(32)29-17-6-4-5-16(13-17)25(26,27)28/h2-13,21H,14H2,1H3,(H,29,32)(H,30,33)/t21-/m1/s1. The van der Waals surface area contributed by atoms with E-state index in [1.54, 1.807) is 36.4 Å². The van der Waals surface area contributed by atoms with Gasteiger partial charge in [0, 0.05) is 11.3 Å². The Bertz CT molecular complexity index is 1280. The highest BCUT2D eigenvalue weighted by molar-refractivity contribution is 6.17. The number of halogens is 3. The molecule has 0 saturated heterocycles. The summed E-state index contributed by atoms with van der Waals surface area (Å²) in [5.74, 6) is -1.30. The fourth-order valence-electron chi connectivity index (χ4n) is 3.76. The summed E-state index contributed by atoms with van der Waals surface area (Å²) in [6, 6.07) is 15.8. The Kier molecular flexibility index (Phi) is 6.46. The van der Waals surface area contributed by atoms with Gasteiger partial charge in [-0.05, 0) is 54.6 Å². The molecule has 0 aromatic heterocycles. The van der Waals surface area contributed by atoms with Crippen LogP contribution in [0.4, 0.5) is 30.2 Å². The number of carbonyl (C=O) groups excluding carboxylic acids is 3. The van der Waals surface area contributed by atoms with Gasteiger partial charge in [-0.15, -0.1) is 0 Å². The van der Waals surface area contributed by atoms with Crippen molar-refractivity contribution in [1.29, 1.82) is 0 Å². The van der Waals surface area contributed by atoms with Crippen molar-refractivity contribution in [2.75, 3.05) is 22.6 Å². The average Bonchev–Trinajstić information content (AvgIpc) is 2.84. The number of ether oxygens (including phenoxy) is 1. The number of hydrogen-bond acceptors (Lipinski definition) is 4. The quantitative estimate of drug-likeness (QED) is 0.550. The maximum Gasteiger partial charge on any atom is 0.416 e. The summed E-state index contributed by atoms with van der Waals surface area (Å²) in [5, 5.41) is 5.07. The summed E-state index contributed by atoms with van der Waals surface area (Å²) in [6.45, 7) is 0. The number of hydrogen-bond donors (Lipinski definition) is 2. The van der Waals surface area contributed by atoms with Crippen molar-refractivity contribution in [3.8, 4) is 5.75 Å². The molecular weight excluding hydrogens is 463 g/mol. The molecule has 1 heterocycles. The molecule has 2 N–H and O–H groups in total. The Hall–Kier alpha value is -4.34. The molecule has 0 bridgehead atoms. The molecule has 0 spiro atoms. The first kappa shape index (κ1) is 23.8. The van der Waals surface area contributed by atoms with Crippen LogP contribution < -0.4 is 20.3 Å². The second-order valence-corrected chi connectivity index (χ2v) is 7.76. The highest BCUT2D eigenvalue weighted by Crippen LogP contribution is 2.35. The van der Waals surface area contributed by atoms with Crippen molar-refractivity contribution in [2.45, 2.75) is 18.6 Å². The maximum atomic E-state index is 13.5. The number of nitrogens with one attached hydrogen (secondary N) is 2. The van der Waals surface area contributed by atoms with Crippen molar-refractivity contribution >= 4 is 34.8 Å². The summed E-state index contributed by atoms with van der Waals surface area (Å²) in [6.07, 6.45) is -5.05. The van der Waals surface area contributed by atoms with Crippen LogP contribution in [0.5, 0.6) is 5.75 Å². The van der Waals surface area contributed by atoms with Crippen molar-refractivity contribution in [2.24, 2.45) is 0 Å². The molecule has 0 saturated carbocycles. The molecule has 0 radical (unpaired) electrons. The van der Waals surface area contributed by atoms with Crippen LogP contribution in [0, 0.1) is 0 Å². The van der Waals surface area contributed by atoms with Gasteiger partial charge in [-0.25, -0.2) is 0 Å². The lowest BCUT2D eigenvalue weighted by Gasteiger charge is -2.36. The number of methoxy groups -OCH3 is 1. The summed E-state index contributed by atoms with van der Waals surface area (Å²) in [5.41, 5.74) is 0.0581. The Labute approximate surface area is 198 Å². The van der Waals surface area contributed by atoms with E-state index in [1.165, 1.54) is 36.3 Å². The fraction of sp³-hybridized carbons (Fsp3) is 0.160. The van der Waals surface area contributed by atoms with Gasteiger partial charge in [-0.2, -0.15) is 13.2 Å². The first-order chi connectivity index (χ1) is 16.7. The van der Waals surface area contributed by atoms with Gasteiger partial charge in [0.15, 0.2) is 0 Å². The van der Waals surface area contributed by atoms with E-state index in [0.29, 0.717) is 17.1 Å². The van der Waals surface area contributed by atoms with E-state index in [0.717, 1.165) is 12.1 Å². The number of nitrogens with zero attached hydrogens (tertiary/aromatic N) is 1. The van der Waals surface area contributed by atoms with Crippen molar-refractivity contribution in [3.63, 3.8) is 0 Å². The van der Waals surface area contributed by atoms with Crippen molar-refractivity contribution < 1.29 is 32.3 Å². The van der Waals surface area contributed by atoms with Crippen LogP contribution in [0.2, 0.25) is 0 Å². The molecule has 3 aromatic rings. The lowest BCUT2D eigenvalue weighted by molar-refractivity contribution is -0.137. The molecule has 3 aromatic carbocycles. The normalized spacial score (nSPS) is 15.1. The van der Waals surface area contributed by atoms with Gasteiger partial charge < -0.3 is 15.4 Å². The molecule has 1 atom stereocenters. The zero-order valence-corrected chi connectivity index (χ0v) is 18.4. The molecule has 10 heteroatoms. The van der Waals surface area contributed by atoms with Crippen molar-refractivity contribution in [1.82, 2.24) is 0 Å². The smallest absolute Gasteiger partial charge is 0.416 e. The van der Waals surface area contributed by atoms with E-state index in [9.17, 15) is 27.6 Å². The monoisotopic (exact) mass is 483 g/mol. The number of anilines is 3.